The van der Waals surface area contributed by atoms with E-state index in [9.17, 15) is 14.7 Å². The summed E-state index contributed by atoms with van der Waals surface area (Å²) in [5.74, 6) is -0.383. The van der Waals surface area contributed by atoms with Crippen molar-refractivity contribution in [1.82, 2.24) is 9.80 Å². The maximum Gasteiger partial charge on any atom is 0.246 e. The Hall–Kier alpha value is -1.92. The van der Waals surface area contributed by atoms with Crippen molar-refractivity contribution in [2.45, 2.75) is 0 Å². The molecule has 1 aliphatic heterocycles. The SMILES string of the molecule is C=CC(=O)N1CCN(C(=O)CNc2c(O)cc(Cl)cc2Cl)CC1. The number of hydrogen-bond donors (Lipinski definition) is 2. The molecule has 0 aliphatic carbocycles. The molecule has 2 N–H and O–H groups in total. The lowest BCUT2D eigenvalue weighted by atomic mass is 10.2. The number of piperazine rings is 1. The second kappa shape index (κ2) is 7.57. The number of carbonyl (C=O) groups is 2. The number of rotatable bonds is 4. The predicted molar refractivity (Wildman–Crippen MR) is 90.0 cm³/mol. The van der Waals surface area contributed by atoms with E-state index < -0.39 is 0 Å². The minimum Gasteiger partial charge on any atom is -0.506 e. The number of hydrogen-bond acceptors (Lipinski definition) is 4. The maximum atomic E-state index is 12.2. The maximum absolute atomic E-state index is 12.2. The third kappa shape index (κ3) is 4.30. The lowest BCUT2D eigenvalue weighted by Crippen LogP contribution is -2.51. The summed E-state index contributed by atoms with van der Waals surface area (Å²) in [4.78, 5) is 27.0. The van der Waals surface area contributed by atoms with E-state index in [0.717, 1.165) is 0 Å². The van der Waals surface area contributed by atoms with Gasteiger partial charge < -0.3 is 20.2 Å². The van der Waals surface area contributed by atoms with Crippen LogP contribution in [0.25, 0.3) is 0 Å². The van der Waals surface area contributed by atoms with Gasteiger partial charge in [0.1, 0.15) is 5.75 Å². The number of carbonyl (C=O) groups excluding carboxylic acids is 2. The van der Waals surface area contributed by atoms with E-state index in [1.54, 1.807) is 9.80 Å². The van der Waals surface area contributed by atoms with Crippen molar-refractivity contribution in [3.05, 3.63) is 34.8 Å². The molecule has 0 saturated carbocycles. The molecule has 0 spiro atoms. The highest BCUT2D eigenvalue weighted by Gasteiger charge is 2.23. The van der Waals surface area contributed by atoms with Gasteiger partial charge in [-0.2, -0.15) is 0 Å². The molecule has 0 atom stereocenters. The summed E-state index contributed by atoms with van der Waals surface area (Å²) in [5.41, 5.74) is 0.268. The largest absolute Gasteiger partial charge is 0.506 e. The third-order valence-corrected chi connectivity index (χ3v) is 4.09. The molecule has 0 aromatic heterocycles. The van der Waals surface area contributed by atoms with Crippen molar-refractivity contribution in [3.63, 3.8) is 0 Å². The highest BCUT2D eigenvalue weighted by molar-refractivity contribution is 6.36. The van der Waals surface area contributed by atoms with Crippen LogP contribution in [-0.4, -0.2) is 59.4 Å². The molecular weight excluding hydrogens is 341 g/mol. The summed E-state index contributed by atoms with van der Waals surface area (Å²) >= 11 is 11.8. The van der Waals surface area contributed by atoms with Gasteiger partial charge in [0.25, 0.3) is 0 Å². The van der Waals surface area contributed by atoms with Gasteiger partial charge in [0, 0.05) is 37.3 Å². The number of nitrogens with zero attached hydrogens (tertiary/aromatic N) is 2. The van der Waals surface area contributed by atoms with Crippen molar-refractivity contribution >= 4 is 40.7 Å². The zero-order valence-corrected chi connectivity index (χ0v) is 13.9. The molecule has 0 bridgehead atoms. The molecule has 0 radical (unpaired) electrons. The summed E-state index contributed by atoms with van der Waals surface area (Å²) in [6.45, 7) is 5.31. The lowest BCUT2D eigenvalue weighted by molar-refractivity contribution is -0.135. The fourth-order valence-corrected chi connectivity index (χ4v) is 2.87. The standard InChI is InChI=1S/C15H17Cl2N3O3/c1-2-13(22)19-3-5-20(6-4-19)14(23)9-18-15-11(17)7-10(16)8-12(15)21/h2,7-8,18,21H,1,3-6,9H2. The second-order valence-electron chi connectivity index (χ2n) is 5.05. The highest BCUT2D eigenvalue weighted by Crippen LogP contribution is 2.34. The number of anilines is 1. The van der Waals surface area contributed by atoms with Gasteiger partial charge in [-0.05, 0) is 12.1 Å². The fourth-order valence-electron chi connectivity index (χ4n) is 2.32. The first kappa shape index (κ1) is 17.4. The first-order valence-corrected chi connectivity index (χ1v) is 7.79. The minimum absolute atomic E-state index is 0.00961. The third-order valence-electron chi connectivity index (χ3n) is 3.57. The van der Waals surface area contributed by atoms with Crippen molar-refractivity contribution in [1.29, 1.82) is 0 Å². The molecule has 6 nitrogen and oxygen atoms in total. The van der Waals surface area contributed by atoms with E-state index >= 15 is 0 Å². The molecule has 8 heteroatoms. The Morgan fingerprint density at radius 2 is 1.83 bits per heavy atom. The zero-order chi connectivity index (χ0) is 17.0. The summed E-state index contributed by atoms with van der Waals surface area (Å²) in [6.07, 6.45) is 1.27. The Morgan fingerprint density at radius 3 is 2.39 bits per heavy atom. The van der Waals surface area contributed by atoms with E-state index in [0.29, 0.717) is 31.2 Å². The number of phenolic OH excluding ortho intramolecular Hbond substituents is 1. The Bertz CT molecular complexity index is 605. The highest BCUT2D eigenvalue weighted by atomic mass is 35.5. The number of benzene rings is 1. The summed E-state index contributed by atoms with van der Waals surface area (Å²) in [6, 6.07) is 2.83. The van der Waals surface area contributed by atoms with Gasteiger partial charge in [0.05, 0.1) is 17.3 Å². The van der Waals surface area contributed by atoms with Gasteiger partial charge in [-0.15, -0.1) is 0 Å². The van der Waals surface area contributed by atoms with Gasteiger partial charge in [-0.3, -0.25) is 9.59 Å². The molecule has 124 valence electrons. The number of halogens is 2. The van der Waals surface area contributed by atoms with E-state index in [4.69, 9.17) is 23.2 Å². The Balaban J connectivity index is 1.89. The summed E-state index contributed by atoms with van der Waals surface area (Å²) in [5, 5.41) is 13.2. The first-order chi connectivity index (χ1) is 10.9. The molecular formula is C15H17Cl2N3O3. The van der Waals surface area contributed by atoms with Crippen LogP contribution in [0.5, 0.6) is 5.75 Å². The molecule has 1 aliphatic rings. The molecule has 2 rings (SSSR count). The monoisotopic (exact) mass is 357 g/mol. The summed E-state index contributed by atoms with van der Waals surface area (Å²) < 4.78 is 0. The smallest absolute Gasteiger partial charge is 0.246 e. The van der Waals surface area contributed by atoms with Crippen molar-refractivity contribution in [2.24, 2.45) is 0 Å². The Kier molecular flexibility index (Phi) is 5.74. The molecule has 0 unspecified atom stereocenters. The Labute approximate surface area is 144 Å². The molecule has 1 aromatic rings. The number of aromatic hydroxyl groups is 1. The van der Waals surface area contributed by atoms with E-state index in [2.05, 4.69) is 11.9 Å². The van der Waals surface area contributed by atoms with Crippen molar-refractivity contribution in [2.75, 3.05) is 38.0 Å². The van der Waals surface area contributed by atoms with Gasteiger partial charge in [-0.25, -0.2) is 0 Å². The number of nitrogens with one attached hydrogen (secondary N) is 1. The topological polar surface area (TPSA) is 72.9 Å². The molecule has 1 heterocycles. The van der Waals surface area contributed by atoms with Gasteiger partial charge in [-0.1, -0.05) is 29.8 Å². The summed E-state index contributed by atoms with van der Waals surface area (Å²) in [7, 11) is 0. The van der Waals surface area contributed by atoms with Crippen molar-refractivity contribution < 1.29 is 14.7 Å². The van der Waals surface area contributed by atoms with Crippen LogP contribution in [0.1, 0.15) is 0 Å². The molecule has 23 heavy (non-hydrogen) atoms. The lowest BCUT2D eigenvalue weighted by Gasteiger charge is -2.34. The number of amides is 2. The van der Waals surface area contributed by atoms with Gasteiger partial charge in [0.2, 0.25) is 11.8 Å². The average Bonchev–Trinajstić information content (AvgIpc) is 2.53. The van der Waals surface area contributed by atoms with Crippen LogP contribution < -0.4 is 5.32 Å². The van der Waals surface area contributed by atoms with E-state index in [-0.39, 0.29) is 34.8 Å². The molecule has 2 amide bonds. The quantitative estimate of drug-likeness (QED) is 0.638. The average molecular weight is 358 g/mol. The van der Waals surface area contributed by atoms with Gasteiger partial charge >= 0.3 is 0 Å². The van der Waals surface area contributed by atoms with Crippen LogP contribution in [0.4, 0.5) is 5.69 Å². The van der Waals surface area contributed by atoms with Crippen LogP contribution >= 0.6 is 23.2 Å². The zero-order valence-electron chi connectivity index (χ0n) is 12.4. The van der Waals surface area contributed by atoms with Crippen molar-refractivity contribution in [3.8, 4) is 5.75 Å². The fraction of sp³-hybridized carbons (Fsp3) is 0.333. The minimum atomic E-state index is -0.138. The van der Waals surface area contributed by atoms with E-state index in [1.165, 1.54) is 18.2 Å². The van der Waals surface area contributed by atoms with Crippen LogP contribution in [0.2, 0.25) is 10.0 Å². The molecule has 1 fully saturated rings. The normalized spacial score (nSPS) is 14.5. The molecule has 1 saturated heterocycles. The molecule has 1 aromatic carbocycles. The Morgan fingerprint density at radius 1 is 1.22 bits per heavy atom. The van der Waals surface area contributed by atoms with E-state index in [1.807, 2.05) is 0 Å². The predicted octanol–water partition coefficient (Wildman–Crippen LogP) is 1.97. The first-order valence-electron chi connectivity index (χ1n) is 7.03. The van der Waals surface area contributed by atoms with Crippen LogP contribution in [-0.2, 0) is 9.59 Å². The number of phenols is 1. The second-order valence-corrected chi connectivity index (χ2v) is 5.89. The van der Waals surface area contributed by atoms with Crippen LogP contribution in [0, 0.1) is 0 Å². The van der Waals surface area contributed by atoms with Crippen LogP contribution in [0.3, 0.4) is 0 Å². The van der Waals surface area contributed by atoms with Gasteiger partial charge in [0.15, 0.2) is 0 Å². The van der Waals surface area contributed by atoms with Crippen LogP contribution in [0.15, 0.2) is 24.8 Å².